The van der Waals surface area contributed by atoms with Crippen molar-refractivity contribution in [3.63, 3.8) is 0 Å². The summed E-state index contributed by atoms with van der Waals surface area (Å²) in [5.74, 6) is 0.809. The lowest BCUT2D eigenvalue weighted by Gasteiger charge is -2.23. The molecule has 18 heavy (non-hydrogen) atoms. The first-order valence-corrected chi connectivity index (χ1v) is 6.35. The molecule has 0 aliphatic carbocycles. The highest BCUT2D eigenvalue weighted by atomic mass is 16.5. The number of carbonyl (C=O) groups is 1. The number of hydrogen-bond acceptors (Lipinski definition) is 2. The molecule has 0 N–H and O–H groups in total. The van der Waals surface area contributed by atoms with E-state index in [1.165, 1.54) is 5.56 Å². The van der Waals surface area contributed by atoms with Gasteiger partial charge in [0.05, 0.1) is 18.2 Å². The second kappa shape index (κ2) is 4.30. The number of ether oxygens (including phenoxy) is 1. The van der Waals surface area contributed by atoms with Gasteiger partial charge in [0.2, 0.25) is 5.91 Å². The molecule has 1 aliphatic rings. The molecule has 98 valence electrons. The van der Waals surface area contributed by atoms with Crippen LogP contribution in [-0.4, -0.2) is 19.6 Å². The molecule has 0 saturated heterocycles. The summed E-state index contributed by atoms with van der Waals surface area (Å²) < 4.78 is 5.71. The van der Waals surface area contributed by atoms with E-state index in [-0.39, 0.29) is 17.2 Å². The minimum absolute atomic E-state index is 0.0663. The number of carbonyl (C=O) groups excluding carboxylic acids is 1. The number of rotatable bonds is 0. The largest absolute Gasteiger partial charge is 0.491 e. The van der Waals surface area contributed by atoms with Crippen LogP contribution in [0, 0.1) is 5.92 Å². The maximum atomic E-state index is 12.1. The average Bonchev–Trinajstić information content (AvgIpc) is 2.41. The van der Waals surface area contributed by atoms with Crippen LogP contribution in [-0.2, 0) is 10.2 Å². The molecule has 1 unspecified atom stereocenters. The van der Waals surface area contributed by atoms with E-state index in [1.54, 1.807) is 4.90 Å². The summed E-state index contributed by atoms with van der Waals surface area (Å²) in [5, 5.41) is 0. The third kappa shape index (κ3) is 2.22. The summed E-state index contributed by atoms with van der Waals surface area (Å²) in [6.45, 7) is 8.84. The van der Waals surface area contributed by atoms with E-state index < -0.39 is 0 Å². The zero-order chi connectivity index (χ0) is 13.5. The van der Waals surface area contributed by atoms with E-state index in [0.29, 0.717) is 6.61 Å². The van der Waals surface area contributed by atoms with Gasteiger partial charge in [0.15, 0.2) is 0 Å². The summed E-state index contributed by atoms with van der Waals surface area (Å²) in [7, 11) is 1.82. The quantitative estimate of drug-likeness (QED) is 0.705. The third-order valence-corrected chi connectivity index (χ3v) is 3.43. The lowest BCUT2D eigenvalue weighted by Crippen LogP contribution is -2.31. The van der Waals surface area contributed by atoms with Crippen molar-refractivity contribution in [2.24, 2.45) is 5.92 Å². The molecule has 0 radical (unpaired) electrons. The van der Waals surface area contributed by atoms with Crippen LogP contribution in [0.15, 0.2) is 18.2 Å². The van der Waals surface area contributed by atoms with Crippen molar-refractivity contribution in [3.05, 3.63) is 23.8 Å². The molecule has 0 fully saturated rings. The van der Waals surface area contributed by atoms with Crippen molar-refractivity contribution in [1.29, 1.82) is 0 Å². The molecule has 1 aromatic rings. The topological polar surface area (TPSA) is 29.5 Å². The third-order valence-electron chi connectivity index (χ3n) is 3.43. The van der Waals surface area contributed by atoms with Crippen molar-refractivity contribution < 1.29 is 9.53 Å². The van der Waals surface area contributed by atoms with E-state index in [9.17, 15) is 4.79 Å². The smallest absolute Gasteiger partial charge is 0.233 e. The van der Waals surface area contributed by atoms with E-state index in [0.717, 1.165) is 11.4 Å². The zero-order valence-corrected chi connectivity index (χ0v) is 11.8. The van der Waals surface area contributed by atoms with Crippen LogP contribution in [0.25, 0.3) is 0 Å². The van der Waals surface area contributed by atoms with Crippen LogP contribution < -0.4 is 9.64 Å². The highest BCUT2D eigenvalue weighted by molar-refractivity contribution is 5.96. The number of nitrogens with zero attached hydrogens (tertiary/aromatic N) is 1. The molecule has 0 saturated carbocycles. The van der Waals surface area contributed by atoms with Crippen molar-refractivity contribution in [3.8, 4) is 5.75 Å². The maximum Gasteiger partial charge on any atom is 0.233 e. The molecule has 1 aromatic carbocycles. The summed E-state index contributed by atoms with van der Waals surface area (Å²) in [4.78, 5) is 13.8. The summed E-state index contributed by atoms with van der Waals surface area (Å²) >= 11 is 0. The zero-order valence-electron chi connectivity index (χ0n) is 11.8. The fourth-order valence-corrected chi connectivity index (χ4v) is 2.10. The molecule has 1 aliphatic heterocycles. The Bertz CT molecular complexity index is 474. The second-order valence-corrected chi connectivity index (χ2v) is 6.04. The van der Waals surface area contributed by atoms with Crippen molar-refractivity contribution in [2.45, 2.75) is 33.1 Å². The SMILES string of the molecule is CC1COc2ccc(C(C)(C)C)cc2N(C)C1=O. The van der Waals surface area contributed by atoms with Crippen LogP contribution in [0.2, 0.25) is 0 Å². The van der Waals surface area contributed by atoms with Gasteiger partial charge in [-0.25, -0.2) is 0 Å². The van der Waals surface area contributed by atoms with Gasteiger partial charge in [-0.05, 0) is 23.1 Å². The summed E-state index contributed by atoms with van der Waals surface area (Å²) in [5.41, 5.74) is 2.15. The van der Waals surface area contributed by atoms with E-state index in [1.807, 2.05) is 20.0 Å². The highest BCUT2D eigenvalue weighted by Gasteiger charge is 2.27. The predicted octanol–water partition coefficient (Wildman–Crippen LogP) is 2.98. The van der Waals surface area contributed by atoms with Gasteiger partial charge in [0.25, 0.3) is 0 Å². The van der Waals surface area contributed by atoms with Gasteiger partial charge >= 0.3 is 0 Å². The monoisotopic (exact) mass is 247 g/mol. The average molecular weight is 247 g/mol. The van der Waals surface area contributed by atoms with Gasteiger partial charge in [-0.15, -0.1) is 0 Å². The van der Waals surface area contributed by atoms with Crippen molar-refractivity contribution >= 4 is 11.6 Å². The van der Waals surface area contributed by atoms with Gasteiger partial charge in [-0.1, -0.05) is 33.8 Å². The standard InChI is InChI=1S/C15H21NO2/c1-10-9-18-13-7-6-11(15(2,3)4)8-12(13)16(5)14(10)17/h6-8,10H,9H2,1-5H3. The molecule has 1 heterocycles. The molecule has 0 bridgehead atoms. The van der Waals surface area contributed by atoms with Gasteiger partial charge in [-0.2, -0.15) is 0 Å². The molecule has 3 heteroatoms. The van der Waals surface area contributed by atoms with Gasteiger partial charge in [0.1, 0.15) is 5.75 Å². The lowest BCUT2D eigenvalue weighted by atomic mass is 9.86. The minimum atomic E-state index is -0.0968. The molecular weight excluding hydrogens is 226 g/mol. The van der Waals surface area contributed by atoms with Crippen LogP contribution in [0.5, 0.6) is 5.75 Å². The number of hydrogen-bond donors (Lipinski definition) is 0. The Morgan fingerprint density at radius 1 is 1.33 bits per heavy atom. The Kier molecular flexibility index (Phi) is 3.09. The van der Waals surface area contributed by atoms with Crippen LogP contribution in [0.4, 0.5) is 5.69 Å². The van der Waals surface area contributed by atoms with E-state index >= 15 is 0 Å². The fraction of sp³-hybridized carbons (Fsp3) is 0.533. The van der Waals surface area contributed by atoms with Crippen molar-refractivity contribution in [1.82, 2.24) is 0 Å². The van der Waals surface area contributed by atoms with Gasteiger partial charge in [-0.3, -0.25) is 4.79 Å². The number of benzene rings is 1. The number of anilines is 1. The number of fused-ring (bicyclic) bond motifs is 1. The van der Waals surface area contributed by atoms with E-state index in [2.05, 4.69) is 32.9 Å². The van der Waals surface area contributed by atoms with Crippen LogP contribution >= 0.6 is 0 Å². The highest BCUT2D eigenvalue weighted by Crippen LogP contribution is 2.35. The van der Waals surface area contributed by atoms with Crippen molar-refractivity contribution in [2.75, 3.05) is 18.6 Å². The number of amides is 1. The Balaban J connectivity index is 2.49. The maximum absolute atomic E-state index is 12.1. The molecule has 2 rings (SSSR count). The molecular formula is C15H21NO2. The summed E-state index contributed by atoms with van der Waals surface area (Å²) in [6, 6.07) is 6.11. The molecule has 1 amide bonds. The molecule has 0 spiro atoms. The first kappa shape index (κ1) is 12.9. The fourth-order valence-electron chi connectivity index (χ4n) is 2.10. The Labute approximate surface area is 109 Å². The molecule has 3 nitrogen and oxygen atoms in total. The Morgan fingerprint density at radius 3 is 2.61 bits per heavy atom. The molecule has 0 aromatic heterocycles. The summed E-state index contributed by atoms with van der Waals surface area (Å²) in [6.07, 6.45) is 0. The van der Waals surface area contributed by atoms with Crippen LogP contribution in [0.3, 0.4) is 0 Å². The van der Waals surface area contributed by atoms with Gasteiger partial charge in [0, 0.05) is 7.05 Å². The predicted molar refractivity (Wildman–Crippen MR) is 73.2 cm³/mol. The second-order valence-electron chi connectivity index (χ2n) is 6.04. The lowest BCUT2D eigenvalue weighted by molar-refractivity contribution is -0.122. The van der Waals surface area contributed by atoms with Gasteiger partial charge < -0.3 is 9.64 Å². The van der Waals surface area contributed by atoms with E-state index in [4.69, 9.17) is 4.74 Å². The Hall–Kier alpha value is -1.51. The molecule has 1 atom stereocenters. The first-order chi connectivity index (χ1) is 8.30. The van der Waals surface area contributed by atoms with Crippen LogP contribution in [0.1, 0.15) is 33.3 Å². The Morgan fingerprint density at radius 2 is 2.00 bits per heavy atom. The normalized spacial score (nSPS) is 20.2. The first-order valence-electron chi connectivity index (χ1n) is 6.35. The minimum Gasteiger partial charge on any atom is -0.491 e.